The molecular weight excluding hydrogens is 292 g/mol. The molecule has 0 radical (unpaired) electrons. The number of unbranched alkanes of at least 4 members (excludes halogenated alkanes) is 12. The molecule has 0 saturated carbocycles. The molecule has 0 aromatic carbocycles. The molecular formula is C19H43ClN2. The highest BCUT2D eigenvalue weighted by atomic mass is 35.5. The maximum atomic E-state index is 5.70. The van der Waals surface area contributed by atoms with E-state index in [1.807, 2.05) is 26.0 Å². The van der Waals surface area contributed by atoms with Crippen LogP contribution in [-0.4, -0.2) is 31.5 Å². The van der Waals surface area contributed by atoms with Gasteiger partial charge in [0.15, 0.2) is 0 Å². The van der Waals surface area contributed by atoms with E-state index in [2.05, 4.69) is 6.92 Å². The molecule has 0 aromatic rings. The fourth-order valence-corrected chi connectivity index (χ4v) is 2.51. The van der Waals surface area contributed by atoms with E-state index >= 15 is 0 Å². The lowest BCUT2D eigenvalue weighted by atomic mass is 10.0. The van der Waals surface area contributed by atoms with Crippen LogP contribution in [0.3, 0.4) is 0 Å². The van der Waals surface area contributed by atoms with E-state index in [9.17, 15) is 0 Å². The molecule has 22 heavy (non-hydrogen) atoms. The highest BCUT2D eigenvalue weighted by Crippen LogP contribution is 2.13. The summed E-state index contributed by atoms with van der Waals surface area (Å²) in [5, 5.41) is 0. The van der Waals surface area contributed by atoms with Crippen molar-refractivity contribution in [1.29, 1.82) is 0 Å². The standard InChI is InChI=1S/C16H34ClN.C3H9N/c1-2-3-4-5-6-7-8-9-10-11-12-13-14-15-16(17)18;1-4(2)3/h16H,2-15,18H2,1H3;1-3H3. The smallest absolute Gasteiger partial charge is 0.0800 e. The lowest BCUT2D eigenvalue weighted by Gasteiger charge is -2.04. The number of alkyl halides is 1. The SMILES string of the molecule is CCCCCCCCCCCCCCCC(N)Cl.CN(C)C. The minimum absolute atomic E-state index is 0.127. The molecule has 3 heteroatoms. The Kier molecular flexibility index (Phi) is 23.6. The van der Waals surface area contributed by atoms with Crippen molar-refractivity contribution in [3.05, 3.63) is 0 Å². The van der Waals surface area contributed by atoms with Gasteiger partial charge >= 0.3 is 0 Å². The lowest BCUT2D eigenvalue weighted by molar-refractivity contribution is 0.505. The largest absolute Gasteiger partial charge is 0.315 e. The Balaban J connectivity index is 0. The summed E-state index contributed by atoms with van der Waals surface area (Å²) in [7, 11) is 6.00. The van der Waals surface area contributed by atoms with Crippen LogP contribution in [0.15, 0.2) is 0 Å². The second-order valence-corrected chi connectivity index (χ2v) is 7.45. The first kappa shape index (κ1) is 24.5. The molecule has 1 unspecified atom stereocenters. The first-order chi connectivity index (χ1) is 10.5. The third-order valence-electron chi connectivity index (χ3n) is 3.58. The number of nitrogens with two attached hydrogens (primary N) is 1. The molecule has 0 heterocycles. The van der Waals surface area contributed by atoms with E-state index in [1.165, 1.54) is 83.5 Å². The number of hydrogen-bond donors (Lipinski definition) is 1. The molecule has 0 bridgehead atoms. The Morgan fingerprint density at radius 2 is 0.955 bits per heavy atom. The Morgan fingerprint density at radius 1 is 0.682 bits per heavy atom. The zero-order chi connectivity index (χ0) is 17.1. The van der Waals surface area contributed by atoms with Gasteiger partial charge in [0.2, 0.25) is 0 Å². The fourth-order valence-electron chi connectivity index (χ4n) is 2.36. The van der Waals surface area contributed by atoms with E-state index in [0.717, 1.165) is 6.42 Å². The summed E-state index contributed by atoms with van der Waals surface area (Å²) in [6.07, 6.45) is 19.1. The van der Waals surface area contributed by atoms with Crippen LogP contribution in [0.2, 0.25) is 0 Å². The van der Waals surface area contributed by atoms with E-state index in [1.54, 1.807) is 0 Å². The van der Waals surface area contributed by atoms with Gasteiger partial charge in [0.25, 0.3) is 0 Å². The summed E-state index contributed by atoms with van der Waals surface area (Å²) >= 11 is 5.70. The van der Waals surface area contributed by atoms with Gasteiger partial charge in [0.05, 0.1) is 5.50 Å². The van der Waals surface area contributed by atoms with E-state index in [-0.39, 0.29) is 5.50 Å². The normalized spacial score (nSPS) is 12.1. The van der Waals surface area contributed by atoms with Gasteiger partial charge in [-0.25, -0.2) is 0 Å². The lowest BCUT2D eigenvalue weighted by Crippen LogP contribution is -2.10. The van der Waals surface area contributed by atoms with Crippen molar-refractivity contribution in [3.63, 3.8) is 0 Å². The minimum atomic E-state index is -0.127. The van der Waals surface area contributed by atoms with Crippen molar-refractivity contribution in [2.24, 2.45) is 5.73 Å². The molecule has 2 N–H and O–H groups in total. The van der Waals surface area contributed by atoms with Crippen LogP contribution in [-0.2, 0) is 0 Å². The summed E-state index contributed by atoms with van der Waals surface area (Å²) in [4.78, 5) is 2.00. The molecule has 0 saturated heterocycles. The number of hydrogen-bond acceptors (Lipinski definition) is 2. The van der Waals surface area contributed by atoms with Gasteiger partial charge in [0, 0.05) is 0 Å². The fraction of sp³-hybridized carbons (Fsp3) is 1.00. The van der Waals surface area contributed by atoms with Crippen LogP contribution >= 0.6 is 11.6 Å². The van der Waals surface area contributed by atoms with Crippen molar-refractivity contribution in [2.45, 2.75) is 102 Å². The predicted molar refractivity (Wildman–Crippen MR) is 104 cm³/mol. The highest BCUT2D eigenvalue weighted by Gasteiger charge is 1.96. The van der Waals surface area contributed by atoms with Crippen molar-refractivity contribution in [1.82, 2.24) is 4.90 Å². The predicted octanol–water partition coefficient (Wildman–Crippen LogP) is 6.17. The number of rotatable bonds is 14. The molecule has 0 amide bonds. The summed E-state index contributed by atoms with van der Waals surface area (Å²) in [6.45, 7) is 2.28. The summed E-state index contributed by atoms with van der Waals surface area (Å²) < 4.78 is 0. The molecule has 0 aliphatic carbocycles. The van der Waals surface area contributed by atoms with Crippen molar-refractivity contribution in [2.75, 3.05) is 21.1 Å². The van der Waals surface area contributed by atoms with Crippen LogP contribution in [0, 0.1) is 0 Å². The van der Waals surface area contributed by atoms with Crippen molar-refractivity contribution in [3.8, 4) is 0 Å². The minimum Gasteiger partial charge on any atom is -0.315 e. The summed E-state index contributed by atoms with van der Waals surface area (Å²) in [5.74, 6) is 0. The number of nitrogens with zero attached hydrogens (tertiary/aromatic N) is 1. The quantitative estimate of drug-likeness (QED) is 0.234. The Labute approximate surface area is 146 Å². The molecule has 1 atom stereocenters. The Hall–Kier alpha value is 0.210. The molecule has 0 aliphatic rings. The molecule has 0 aromatic heterocycles. The average Bonchev–Trinajstić information content (AvgIpc) is 2.43. The summed E-state index contributed by atoms with van der Waals surface area (Å²) in [6, 6.07) is 0. The Bertz CT molecular complexity index is 182. The van der Waals surface area contributed by atoms with Gasteiger partial charge in [-0.3, -0.25) is 0 Å². The van der Waals surface area contributed by atoms with Crippen LogP contribution in [0.4, 0.5) is 0 Å². The van der Waals surface area contributed by atoms with Crippen LogP contribution in [0.25, 0.3) is 0 Å². The average molecular weight is 335 g/mol. The maximum Gasteiger partial charge on any atom is 0.0800 e. The first-order valence-corrected chi connectivity index (χ1v) is 9.94. The van der Waals surface area contributed by atoms with Crippen molar-refractivity contribution < 1.29 is 0 Å². The van der Waals surface area contributed by atoms with Crippen LogP contribution in [0.1, 0.15) is 96.8 Å². The molecule has 2 nitrogen and oxygen atoms in total. The monoisotopic (exact) mass is 334 g/mol. The van der Waals surface area contributed by atoms with E-state index < -0.39 is 0 Å². The van der Waals surface area contributed by atoms with Gasteiger partial charge in [0.1, 0.15) is 0 Å². The molecule has 0 spiro atoms. The third kappa shape index (κ3) is 32.2. The summed E-state index contributed by atoms with van der Waals surface area (Å²) in [5.41, 5.74) is 5.37. The topological polar surface area (TPSA) is 29.3 Å². The zero-order valence-corrected chi connectivity index (χ0v) is 16.6. The van der Waals surface area contributed by atoms with Gasteiger partial charge in [-0.2, -0.15) is 0 Å². The second kappa shape index (κ2) is 21.2. The second-order valence-electron chi connectivity index (χ2n) is 6.89. The van der Waals surface area contributed by atoms with Crippen LogP contribution in [0.5, 0.6) is 0 Å². The molecule has 0 fully saturated rings. The molecule has 0 rings (SSSR count). The molecule has 0 aliphatic heterocycles. The number of halogens is 1. The van der Waals surface area contributed by atoms with E-state index in [4.69, 9.17) is 17.3 Å². The highest BCUT2D eigenvalue weighted by molar-refractivity contribution is 6.20. The van der Waals surface area contributed by atoms with Crippen LogP contribution < -0.4 is 5.73 Å². The molecule has 136 valence electrons. The van der Waals surface area contributed by atoms with Gasteiger partial charge < -0.3 is 10.6 Å². The third-order valence-corrected chi connectivity index (χ3v) is 3.80. The Morgan fingerprint density at radius 3 is 1.23 bits per heavy atom. The van der Waals surface area contributed by atoms with Gasteiger partial charge in [-0.05, 0) is 27.6 Å². The zero-order valence-electron chi connectivity index (χ0n) is 15.9. The van der Waals surface area contributed by atoms with Gasteiger partial charge in [-0.15, -0.1) is 11.6 Å². The van der Waals surface area contributed by atoms with Gasteiger partial charge in [-0.1, -0.05) is 90.4 Å². The van der Waals surface area contributed by atoms with E-state index in [0.29, 0.717) is 0 Å². The van der Waals surface area contributed by atoms with Crippen molar-refractivity contribution >= 4 is 11.6 Å². The first-order valence-electron chi connectivity index (χ1n) is 9.51. The maximum absolute atomic E-state index is 5.70.